The Balaban J connectivity index is 1.62. The third-order valence-electron chi connectivity index (χ3n) is 3.11. The van der Waals surface area contributed by atoms with Gasteiger partial charge in [-0.25, -0.2) is 0 Å². The van der Waals surface area contributed by atoms with E-state index in [1.54, 1.807) is 11.0 Å². The molecule has 1 aromatic rings. The number of amides is 2. The molecule has 1 aliphatic heterocycles. The zero-order chi connectivity index (χ0) is 13.7. The van der Waals surface area contributed by atoms with Gasteiger partial charge in [0.15, 0.2) is 0 Å². The Labute approximate surface area is 116 Å². The predicted molar refractivity (Wildman–Crippen MR) is 73.1 cm³/mol. The van der Waals surface area contributed by atoms with E-state index in [-0.39, 0.29) is 17.9 Å². The number of nitrogens with one attached hydrogen (secondary N) is 1. The highest BCUT2D eigenvalue weighted by Gasteiger charge is 2.23. The molecule has 0 spiro atoms. The van der Waals surface area contributed by atoms with Crippen LogP contribution < -0.4 is 5.32 Å². The van der Waals surface area contributed by atoms with Gasteiger partial charge in [-0.1, -0.05) is 6.07 Å². The monoisotopic (exact) mass is 282 g/mol. The molecule has 2 heterocycles. The lowest BCUT2D eigenvalue weighted by Crippen LogP contribution is -2.30. The summed E-state index contributed by atoms with van der Waals surface area (Å²) >= 11 is 1.40. The van der Waals surface area contributed by atoms with Crippen LogP contribution in [0, 0.1) is 0 Å². The molecule has 19 heavy (non-hydrogen) atoms. The fourth-order valence-electron chi connectivity index (χ4n) is 2.06. The fourth-order valence-corrected chi connectivity index (χ4v) is 2.70. The van der Waals surface area contributed by atoms with Crippen molar-refractivity contribution in [2.75, 3.05) is 19.6 Å². The molecule has 2 rings (SSSR count). The van der Waals surface area contributed by atoms with Gasteiger partial charge in [0.2, 0.25) is 5.91 Å². The highest BCUT2D eigenvalue weighted by Crippen LogP contribution is 2.11. The van der Waals surface area contributed by atoms with Gasteiger partial charge in [-0.05, 0) is 24.3 Å². The number of aliphatic hydroxyl groups is 1. The molecule has 0 aromatic carbocycles. The quantitative estimate of drug-likeness (QED) is 0.787. The lowest BCUT2D eigenvalue weighted by Gasteiger charge is -2.15. The molecule has 1 saturated heterocycles. The Bertz CT molecular complexity index is 433. The molecule has 2 amide bonds. The molecule has 5 nitrogen and oxygen atoms in total. The second kappa shape index (κ2) is 6.68. The van der Waals surface area contributed by atoms with Gasteiger partial charge in [0, 0.05) is 26.1 Å². The van der Waals surface area contributed by atoms with Gasteiger partial charge < -0.3 is 15.3 Å². The average Bonchev–Trinajstić information content (AvgIpc) is 3.04. The topological polar surface area (TPSA) is 69.6 Å². The van der Waals surface area contributed by atoms with E-state index in [9.17, 15) is 14.7 Å². The van der Waals surface area contributed by atoms with Crippen LogP contribution >= 0.6 is 11.3 Å². The highest BCUT2D eigenvalue weighted by atomic mass is 32.1. The predicted octanol–water partition coefficient (Wildman–Crippen LogP) is 0.851. The van der Waals surface area contributed by atoms with Crippen molar-refractivity contribution in [2.45, 2.75) is 25.4 Å². The van der Waals surface area contributed by atoms with E-state index in [1.807, 2.05) is 11.4 Å². The van der Waals surface area contributed by atoms with Gasteiger partial charge in [0.1, 0.15) is 0 Å². The van der Waals surface area contributed by atoms with E-state index < -0.39 is 0 Å². The van der Waals surface area contributed by atoms with Crippen LogP contribution in [0.2, 0.25) is 0 Å². The second-order valence-electron chi connectivity index (χ2n) is 4.62. The minimum atomic E-state index is -0.373. The van der Waals surface area contributed by atoms with Crippen molar-refractivity contribution >= 4 is 23.2 Å². The Morgan fingerprint density at radius 3 is 3.00 bits per heavy atom. The molecule has 2 N–H and O–H groups in total. The smallest absolute Gasteiger partial charge is 0.261 e. The van der Waals surface area contributed by atoms with Crippen LogP contribution in [0.4, 0.5) is 0 Å². The van der Waals surface area contributed by atoms with Crippen LogP contribution in [-0.2, 0) is 4.79 Å². The summed E-state index contributed by atoms with van der Waals surface area (Å²) in [5.41, 5.74) is 0. The maximum absolute atomic E-state index is 11.8. The number of nitrogens with zero attached hydrogens (tertiary/aromatic N) is 1. The first-order valence-corrected chi connectivity index (χ1v) is 7.32. The first kappa shape index (κ1) is 14.0. The lowest BCUT2D eigenvalue weighted by atomic mass is 10.2. The number of hydrogen-bond acceptors (Lipinski definition) is 4. The Morgan fingerprint density at radius 1 is 1.53 bits per heavy atom. The molecule has 6 heteroatoms. The summed E-state index contributed by atoms with van der Waals surface area (Å²) in [7, 11) is 0. The van der Waals surface area contributed by atoms with Crippen molar-refractivity contribution < 1.29 is 14.7 Å². The Kier molecular flexibility index (Phi) is 4.93. The number of thiophene rings is 1. The van der Waals surface area contributed by atoms with E-state index in [1.165, 1.54) is 11.3 Å². The summed E-state index contributed by atoms with van der Waals surface area (Å²) in [6, 6.07) is 3.61. The number of likely N-dealkylation sites (tertiary alicyclic amines) is 1. The standard InChI is InChI=1S/C13H18N2O3S/c16-10-5-7-15(9-10)12(17)4-1-6-14-13(18)11-3-2-8-19-11/h2-3,8,10,16H,1,4-7,9H2,(H,14,18)/t10-/m1/s1. The van der Waals surface area contributed by atoms with Gasteiger partial charge in [0.05, 0.1) is 11.0 Å². The molecule has 1 atom stereocenters. The van der Waals surface area contributed by atoms with E-state index in [0.717, 1.165) is 0 Å². The molecule has 1 fully saturated rings. The fraction of sp³-hybridized carbons (Fsp3) is 0.538. The molecule has 0 radical (unpaired) electrons. The molecule has 0 unspecified atom stereocenters. The number of aliphatic hydroxyl groups excluding tert-OH is 1. The van der Waals surface area contributed by atoms with E-state index in [0.29, 0.717) is 43.8 Å². The third-order valence-corrected chi connectivity index (χ3v) is 3.98. The van der Waals surface area contributed by atoms with Gasteiger partial charge in [-0.3, -0.25) is 9.59 Å². The van der Waals surface area contributed by atoms with Crippen molar-refractivity contribution in [3.63, 3.8) is 0 Å². The van der Waals surface area contributed by atoms with Crippen LogP contribution in [0.5, 0.6) is 0 Å². The summed E-state index contributed by atoms with van der Waals surface area (Å²) in [6.45, 7) is 1.58. The summed E-state index contributed by atoms with van der Waals surface area (Å²) in [5.74, 6) is -0.0269. The maximum Gasteiger partial charge on any atom is 0.261 e. The molecule has 0 saturated carbocycles. The van der Waals surface area contributed by atoms with E-state index in [4.69, 9.17) is 0 Å². The van der Waals surface area contributed by atoms with Crippen LogP contribution in [-0.4, -0.2) is 47.6 Å². The molecule has 0 aliphatic carbocycles. The Hall–Kier alpha value is -1.40. The van der Waals surface area contributed by atoms with Crippen molar-refractivity contribution in [2.24, 2.45) is 0 Å². The largest absolute Gasteiger partial charge is 0.391 e. The number of carbonyl (C=O) groups is 2. The minimum absolute atomic E-state index is 0.0573. The second-order valence-corrected chi connectivity index (χ2v) is 5.57. The van der Waals surface area contributed by atoms with Gasteiger partial charge in [-0.2, -0.15) is 0 Å². The summed E-state index contributed by atoms with van der Waals surface area (Å²) in [5, 5.41) is 14.0. The first-order valence-electron chi connectivity index (χ1n) is 6.44. The summed E-state index contributed by atoms with van der Waals surface area (Å²) < 4.78 is 0. The number of carbonyl (C=O) groups excluding carboxylic acids is 2. The number of β-amino-alcohol motifs (C(OH)–C–C–N with tert-alkyl or cyclic N) is 1. The molecule has 1 aromatic heterocycles. The Morgan fingerprint density at radius 2 is 2.37 bits per heavy atom. The van der Waals surface area contributed by atoms with E-state index in [2.05, 4.69) is 5.32 Å². The molecular formula is C13H18N2O3S. The maximum atomic E-state index is 11.8. The van der Waals surface area contributed by atoms with Crippen LogP contribution in [0.15, 0.2) is 17.5 Å². The van der Waals surface area contributed by atoms with Crippen LogP contribution in [0.3, 0.4) is 0 Å². The third kappa shape index (κ3) is 4.04. The van der Waals surface area contributed by atoms with Gasteiger partial charge in [-0.15, -0.1) is 11.3 Å². The van der Waals surface area contributed by atoms with Crippen molar-refractivity contribution in [3.8, 4) is 0 Å². The SMILES string of the molecule is O=C(NCCCC(=O)N1CC[C@@H](O)C1)c1cccs1. The molecule has 1 aliphatic rings. The zero-order valence-electron chi connectivity index (χ0n) is 10.7. The van der Waals surface area contributed by atoms with Gasteiger partial charge in [0.25, 0.3) is 5.91 Å². The van der Waals surface area contributed by atoms with Crippen molar-refractivity contribution in [3.05, 3.63) is 22.4 Å². The average molecular weight is 282 g/mol. The number of rotatable bonds is 5. The summed E-state index contributed by atoms with van der Waals surface area (Å²) in [4.78, 5) is 25.8. The normalized spacial score (nSPS) is 18.6. The molecule has 104 valence electrons. The summed E-state index contributed by atoms with van der Waals surface area (Å²) in [6.07, 6.45) is 1.34. The lowest BCUT2D eigenvalue weighted by molar-refractivity contribution is -0.130. The van der Waals surface area contributed by atoms with E-state index >= 15 is 0 Å². The zero-order valence-corrected chi connectivity index (χ0v) is 11.5. The molecular weight excluding hydrogens is 264 g/mol. The number of hydrogen-bond donors (Lipinski definition) is 2. The van der Waals surface area contributed by atoms with Crippen molar-refractivity contribution in [1.29, 1.82) is 0 Å². The minimum Gasteiger partial charge on any atom is -0.391 e. The van der Waals surface area contributed by atoms with Crippen molar-refractivity contribution in [1.82, 2.24) is 10.2 Å². The highest BCUT2D eigenvalue weighted by molar-refractivity contribution is 7.12. The molecule has 0 bridgehead atoms. The van der Waals surface area contributed by atoms with Crippen LogP contribution in [0.25, 0.3) is 0 Å². The first-order chi connectivity index (χ1) is 9.16. The van der Waals surface area contributed by atoms with Crippen LogP contribution in [0.1, 0.15) is 28.9 Å². The van der Waals surface area contributed by atoms with Gasteiger partial charge >= 0.3 is 0 Å².